The Balaban J connectivity index is 2.32. The van der Waals surface area contributed by atoms with E-state index in [1.54, 1.807) is 6.92 Å². The van der Waals surface area contributed by atoms with Crippen LogP contribution in [-0.4, -0.2) is 24.6 Å². The Kier molecular flexibility index (Phi) is 3.42. The second-order valence-corrected chi connectivity index (χ2v) is 5.74. The van der Waals surface area contributed by atoms with E-state index in [0.717, 1.165) is 5.71 Å². The first-order chi connectivity index (χ1) is 8.84. The highest BCUT2D eigenvalue weighted by Gasteiger charge is 2.32. The van der Waals surface area contributed by atoms with Crippen molar-refractivity contribution < 1.29 is 17.8 Å². The lowest BCUT2D eigenvalue weighted by Crippen LogP contribution is -2.26. The van der Waals surface area contributed by atoms with E-state index >= 15 is 0 Å². The molecule has 7 heteroatoms. The van der Waals surface area contributed by atoms with Crippen molar-refractivity contribution in [2.24, 2.45) is 11.0 Å². The first kappa shape index (κ1) is 13.7. The summed E-state index contributed by atoms with van der Waals surface area (Å²) >= 11 is 0. The number of anilines is 1. The van der Waals surface area contributed by atoms with Crippen molar-refractivity contribution in [1.29, 1.82) is 0 Å². The Labute approximate surface area is 111 Å². The number of carbonyl (C=O) groups excluding carboxylic acids is 1. The molecule has 0 aliphatic carbocycles. The summed E-state index contributed by atoms with van der Waals surface area (Å²) in [5.41, 5.74) is 1.22. The lowest BCUT2D eigenvalue weighted by Gasteiger charge is -2.13. The summed E-state index contributed by atoms with van der Waals surface area (Å²) in [6, 6.07) is 5.36. The topological polar surface area (TPSA) is 87.0 Å². The molecule has 2 rings (SSSR count). The smallest absolute Gasteiger partial charge is 0.282 e. The maximum Gasteiger partial charge on any atom is 0.294 e. The monoisotopic (exact) mass is 282 g/mol. The van der Waals surface area contributed by atoms with Crippen LogP contribution in [0.5, 0.6) is 0 Å². The molecule has 1 aliphatic heterocycles. The van der Waals surface area contributed by atoms with Gasteiger partial charge in [0.15, 0.2) is 0 Å². The van der Waals surface area contributed by atoms with Crippen molar-refractivity contribution in [2.45, 2.75) is 25.2 Å². The van der Waals surface area contributed by atoms with E-state index in [1.165, 1.54) is 29.3 Å². The van der Waals surface area contributed by atoms with Gasteiger partial charge in [0.2, 0.25) is 0 Å². The van der Waals surface area contributed by atoms with Crippen LogP contribution >= 0.6 is 0 Å². The number of hydrogen-bond acceptors (Lipinski definition) is 4. The molecular weight excluding hydrogens is 268 g/mol. The zero-order valence-corrected chi connectivity index (χ0v) is 11.4. The van der Waals surface area contributed by atoms with Gasteiger partial charge in [-0.1, -0.05) is 6.92 Å². The van der Waals surface area contributed by atoms with Crippen molar-refractivity contribution >= 4 is 27.4 Å². The molecule has 0 bridgehead atoms. The van der Waals surface area contributed by atoms with Gasteiger partial charge in [-0.15, -0.1) is 0 Å². The van der Waals surface area contributed by atoms with Gasteiger partial charge in [-0.2, -0.15) is 13.5 Å². The fraction of sp³-hybridized carbons (Fsp3) is 0.333. The van der Waals surface area contributed by atoms with Crippen molar-refractivity contribution in [3.63, 3.8) is 0 Å². The van der Waals surface area contributed by atoms with Gasteiger partial charge < -0.3 is 0 Å². The number of amides is 1. The van der Waals surface area contributed by atoms with E-state index in [2.05, 4.69) is 5.10 Å². The molecule has 1 N–H and O–H groups in total. The van der Waals surface area contributed by atoms with E-state index in [1.807, 2.05) is 6.92 Å². The second kappa shape index (κ2) is 4.75. The molecule has 0 unspecified atom stereocenters. The predicted molar refractivity (Wildman–Crippen MR) is 70.6 cm³/mol. The first-order valence-electron chi connectivity index (χ1n) is 5.81. The Morgan fingerprint density at radius 3 is 2.32 bits per heavy atom. The number of hydrazone groups is 1. The Hall–Kier alpha value is -1.73. The molecule has 1 aliphatic rings. The molecule has 1 aromatic carbocycles. The van der Waals surface area contributed by atoms with Gasteiger partial charge in [0.05, 0.1) is 16.5 Å². The van der Waals surface area contributed by atoms with Crippen LogP contribution in [0.25, 0.3) is 0 Å². The van der Waals surface area contributed by atoms with E-state index in [9.17, 15) is 13.2 Å². The quantitative estimate of drug-likeness (QED) is 0.854. The van der Waals surface area contributed by atoms with Crippen LogP contribution in [0.15, 0.2) is 34.3 Å². The third-order valence-electron chi connectivity index (χ3n) is 3.06. The Bertz CT molecular complexity index is 634. The average Bonchev–Trinajstić information content (AvgIpc) is 2.63. The third kappa shape index (κ3) is 2.52. The number of carbonyl (C=O) groups is 1. The SMILES string of the molecule is CC[C@@H]1C(=O)N(c2ccc(S(=O)(=O)O)cc2)N=C1C. The zero-order chi connectivity index (χ0) is 14.2. The van der Waals surface area contributed by atoms with Gasteiger partial charge in [0.1, 0.15) is 0 Å². The van der Waals surface area contributed by atoms with E-state index in [0.29, 0.717) is 12.1 Å². The number of hydrogen-bond donors (Lipinski definition) is 1. The largest absolute Gasteiger partial charge is 0.294 e. The standard InChI is InChI=1S/C12H14N2O4S/c1-3-11-8(2)13-14(12(11)15)9-4-6-10(7-5-9)19(16,17)18/h4-7,11H,3H2,1-2H3,(H,16,17,18)/t11-/m0/s1. The minimum absolute atomic E-state index is 0.125. The fourth-order valence-electron chi connectivity index (χ4n) is 2.02. The minimum Gasteiger partial charge on any atom is -0.282 e. The Morgan fingerprint density at radius 1 is 1.32 bits per heavy atom. The van der Waals surface area contributed by atoms with Gasteiger partial charge in [-0.25, -0.2) is 5.01 Å². The summed E-state index contributed by atoms with van der Waals surface area (Å²) in [6.45, 7) is 3.70. The van der Waals surface area contributed by atoms with Gasteiger partial charge in [0.25, 0.3) is 16.0 Å². The molecule has 0 saturated heterocycles. The number of nitrogens with zero attached hydrogens (tertiary/aromatic N) is 2. The lowest BCUT2D eigenvalue weighted by atomic mass is 10.0. The van der Waals surface area contributed by atoms with Gasteiger partial charge in [-0.3, -0.25) is 9.35 Å². The Morgan fingerprint density at radius 2 is 1.89 bits per heavy atom. The van der Waals surface area contributed by atoms with E-state index in [4.69, 9.17) is 4.55 Å². The fourth-order valence-corrected chi connectivity index (χ4v) is 2.50. The van der Waals surface area contributed by atoms with Crippen LogP contribution in [0.4, 0.5) is 5.69 Å². The summed E-state index contributed by atoms with van der Waals surface area (Å²) in [7, 11) is -4.22. The van der Waals surface area contributed by atoms with Gasteiger partial charge >= 0.3 is 0 Å². The normalized spacial score (nSPS) is 19.7. The summed E-state index contributed by atoms with van der Waals surface area (Å²) in [5, 5.41) is 5.43. The molecule has 0 fully saturated rings. The van der Waals surface area contributed by atoms with Crippen molar-refractivity contribution in [3.8, 4) is 0 Å². The third-order valence-corrected chi connectivity index (χ3v) is 3.92. The minimum atomic E-state index is -4.22. The van der Waals surface area contributed by atoms with Crippen molar-refractivity contribution in [1.82, 2.24) is 0 Å². The van der Waals surface area contributed by atoms with Crippen LogP contribution < -0.4 is 5.01 Å². The molecule has 0 aromatic heterocycles. The second-order valence-electron chi connectivity index (χ2n) is 4.32. The van der Waals surface area contributed by atoms with Crippen molar-refractivity contribution in [3.05, 3.63) is 24.3 Å². The van der Waals surface area contributed by atoms with Gasteiger partial charge in [0, 0.05) is 5.71 Å². The highest BCUT2D eigenvalue weighted by atomic mass is 32.2. The van der Waals surface area contributed by atoms with Gasteiger partial charge in [-0.05, 0) is 37.6 Å². The average molecular weight is 282 g/mol. The van der Waals surface area contributed by atoms with Crippen LogP contribution in [0.3, 0.4) is 0 Å². The first-order valence-corrected chi connectivity index (χ1v) is 7.25. The van der Waals surface area contributed by atoms with Crippen LogP contribution in [0.1, 0.15) is 20.3 Å². The highest BCUT2D eigenvalue weighted by Crippen LogP contribution is 2.26. The molecule has 0 saturated carbocycles. The van der Waals surface area contributed by atoms with E-state index in [-0.39, 0.29) is 16.7 Å². The molecule has 1 amide bonds. The van der Waals surface area contributed by atoms with Crippen molar-refractivity contribution in [2.75, 3.05) is 5.01 Å². The maximum absolute atomic E-state index is 12.1. The molecule has 0 spiro atoms. The predicted octanol–water partition coefficient (Wildman–Crippen LogP) is 1.68. The number of rotatable bonds is 3. The molecule has 19 heavy (non-hydrogen) atoms. The summed E-state index contributed by atoms with van der Waals surface area (Å²) in [4.78, 5) is 11.9. The van der Waals surface area contributed by atoms with Crippen LogP contribution in [-0.2, 0) is 14.9 Å². The highest BCUT2D eigenvalue weighted by molar-refractivity contribution is 7.85. The maximum atomic E-state index is 12.1. The molecule has 102 valence electrons. The summed E-state index contributed by atoms with van der Waals surface area (Å²) in [6.07, 6.45) is 0.674. The van der Waals surface area contributed by atoms with Crippen LogP contribution in [0, 0.1) is 5.92 Å². The molecule has 1 heterocycles. The molecule has 1 atom stereocenters. The molecular formula is C12H14N2O4S. The molecule has 1 aromatic rings. The van der Waals surface area contributed by atoms with Crippen LogP contribution in [0.2, 0.25) is 0 Å². The zero-order valence-electron chi connectivity index (χ0n) is 10.6. The lowest BCUT2D eigenvalue weighted by molar-refractivity contribution is -0.119. The summed E-state index contributed by atoms with van der Waals surface area (Å²) < 4.78 is 30.7. The number of benzene rings is 1. The molecule has 6 nitrogen and oxygen atoms in total. The van der Waals surface area contributed by atoms with E-state index < -0.39 is 10.1 Å². The molecule has 0 radical (unpaired) electrons. The summed E-state index contributed by atoms with van der Waals surface area (Å²) in [5.74, 6) is -0.346.